The first-order valence-corrected chi connectivity index (χ1v) is 35.8. The summed E-state index contributed by atoms with van der Waals surface area (Å²) in [5.74, 6) is 2.28. The number of para-hydroxylation sites is 3. The van der Waals surface area contributed by atoms with Crippen molar-refractivity contribution in [2.24, 2.45) is 0 Å². The fourth-order valence-corrected chi connectivity index (χ4v) is 13.7. The molecule has 0 aliphatic rings. The van der Waals surface area contributed by atoms with Gasteiger partial charge in [0.1, 0.15) is 5.75 Å². The number of phenolic OH excluding ortho intramolecular Hbond substituents is 1. The van der Waals surface area contributed by atoms with Crippen LogP contribution in [0, 0.1) is 13.8 Å². The number of hydrogen-bond donors (Lipinski definition) is 4. The van der Waals surface area contributed by atoms with Gasteiger partial charge in [0.25, 0.3) is 0 Å². The zero-order valence-corrected chi connectivity index (χ0v) is 71.4. The second-order valence-electron chi connectivity index (χ2n) is 26.3. The third-order valence-corrected chi connectivity index (χ3v) is 19.5. The minimum Gasteiger partial charge on any atom is -0.779 e. The molecule has 0 aliphatic heterocycles. The van der Waals surface area contributed by atoms with Gasteiger partial charge in [0.15, 0.2) is 0 Å². The average molecular weight is 1940 g/mol. The van der Waals surface area contributed by atoms with Crippen molar-refractivity contribution in [1.82, 2.24) is 24.9 Å². The van der Waals surface area contributed by atoms with E-state index in [0.29, 0.717) is 11.4 Å². The summed E-state index contributed by atoms with van der Waals surface area (Å²) >= 11 is 8.47. The number of hydrogen-bond acceptors (Lipinski definition) is 12. The zero-order valence-electron chi connectivity index (χ0n) is 59.9. The summed E-state index contributed by atoms with van der Waals surface area (Å²) in [5.41, 5.74) is 16.1. The van der Waals surface area contributed by atoms with Gasteiger partial charge in [0.05, 0.1) is 76.9 Å². The fourth-order valence-electron chi connectivity index (χ4n) is 11.7. The van der Waals surface area contributed by atoms with Crippen LogP contribution in [-0.4, -0.2) is 85.3 Å². The molecule has 5 aromatic carbocycles. The predicted octanol–water partition coefficient (Wildman–Crippen LogP) is 15.6. The van der Waals surface area contributed by atoms with Gasteiger partial charge in [-0.2, -0.15) is 4.90 Å². The molecule has 11 nitrogen and oxygen atoms in total. The molecule has 0 saturated carbocycles. The number of aryl methyl sites for hydroxylation is 4. The van der Waals surface area contributed by atoms with Gasteiger partial charge in [-0.3, -0.25) is 24.9 Å². The first-order valence-electron chi connectivity index (χ1n) is 32.7. The number of benzene rings is 5. The Kier molecular flexibility index (Phi) is 36.7. The summed E-state index contributed by atoms with van der Waals surface area (Å²) < 4.78 is 11.5. The number of pyridine rings is 5. The van der Waals surface area contributed by atoms with E-state index in [-0.39, 0.29) is 110 Å². The molecule has 99 heavy (non-hydrogen) atoms. The van der Waals surface area contributed by atoms with Gasteiger partial charge in [-0.25, -0.2) is 0 Å². The molecule has 18 heteroatoms. The van der Waals surface area contributed by atoms with Crippen molar-refractivity contribution in [3.05, 3.63) is 296 Å². The topological polar surface area (TPSA) is 164 Å². The number of nitrogens with zero attached hydrogens (tertiary/aromatic N) is 5. The molecule has 4 N–H and O–H groups in total. The van der Waals surface area contributed by atoms with Crippen molar-refractivity contribution in [3.8, 4) is 17.2 Å². The quantitative estimate of drug-likeness (QED) is 0.0345. The van der Waals surface area contributed by atoms with E-state index < -0.39 is 5.41 Å². The van der Waals surface area contributed by atoms with E-state index in [9.17, 15) is 10.2 Å². The Morgan fingerprint density at radius 1 is 0.394 bits per heavy atom. The largest absolute Gasteiger partial charge is 0.779 e. The third-order valence-electron chi connectivity index (χ3n) is 17.6. The summed E-state index contributed by atoms with van der Waals surface area (Å²) in [6.07, 6.45) is 3.13. The van der Waals surface area contributed by atoms with Crippen LogP contribution in [0.25, 0.3) is 0 Å². The molecule has 0 saturated heterocycles. The Balaban J connectivity index is 0.000000320. The Morgan fingerprint density at radius 2 is 0.717 bits per heavy atom. The van der Waals surface area contributed by atoms with E-state index >= 15 is 0 Å². The minimum absolute atomic E-state index is 0. The maximum Gasteiger partial charge on any atom is 0.494 e. The molecular weight excluding hydrogens is 1840 g/mol. The summed E-state index contributed by atoms with van der Waals surface area (Å²) in [5, 5.41) is 38.9. The van der Waals surface area contributed by atoms with Crippen LogP contribution in [0.5, 0.6) is 17.2 Å². The molecule has 1 atom stereocenters. The molecule has 0 fully saturated rings. The Hall–Kier alpha value is -5.09. The SMILES string of the molecule is CC(C)(c1cccc(CO)n1)c1ccccc1O.CC(C)(c1cccc(CO)n1)c1ccccc1[S-].CCCc1cccc(C(C)(C)c2cccc(C)n2)c1[O][AlH].CCc1cccc(C(C)(C)c2cccc(C)n2)c1[O][AlH].CPc1ccccc1C(C)(C)c1cccc(CO)n1.[Pt].[Pt].[Pt]. The normalized spacial score (nSPS) is 11.3. The Labute approximate surface area is 657 Å². The van der Waals surface area contributed by atoms with E-state index in [0.717, 1.165) is 101 Å². The first-order chi connectivity index (χ1) is 45.7. The van der Waals surface area contributed by atoms with Crippen LogP contribution < -0.4 is 12.9 Å². The summed E-state index contributed by atoms with van der Waals surface area (Å²) in [6, 6.07) is 66.0. The molecule has 1 unspecified atom stereocenters. The summed E-state index contributed by atoms with van der Waals surface area (Å²) in [6.45, 7) is 31.9. The van der Waals surface area contributed by atoms with Crippen LogP contribution in [-0.2, 0) is 136 Å². The molecule has 5 aromatic heterocycles. The van der Waals surface area contributed by atoms with Gasteiger partial charge in [-0.15, -0.1) is 0 Å². The van der Waals surface area contributed by atoms with Crippen LogP contribution in [0.2, 0.25) is 0 Å². The van der Waals surface area contributed by atoms with E-state index in [4.69, 9.17) is 40.4 Å². The molecule has 0 bridgehead atoms. The molecule has 5 heterocycles. The van der Waals surface area contributed by atoms with Crippen molar-refractivity contribution in [1.29, 1.82) is 0 Å². The molecule has 0 aliphatic carbocycles. The Morgan fingerprint density at radius 3 is 1.10 bits per heavy atom. The maximum atomic E-state index is 9.96. The second-order valence-corrected chi connectivity index (χ2v) is 28.3. The van der Waals surface area contributed by atoms with E-state index in [1.54, 1.807) is 34.8 Å². The standard InChI is InChI=1S/C18H23NO.C17H21NO.C16H20NOP.C15H17NO2.C15H17NOS.2Al.3Pt.2H/c1-5-8-14-10-7-11-15(17(14)20)18(3,4)16-12-6-9-13(2)19-16;1-5-13-9-7-10-14(16(13)19)17(3,4)15-11-6-8-12(2)18-15;1-16(2,13-8-4-5-9-14(13)19-3)15-10-6-7-12(11-18)17-15;2*1-15(2,12-7-3-4-8-13(12)18)14-9-5-6-11(10-17)16-14;;;;;;;/h6-7,9-12,20H,5,8H2,1-4H3;6-11,19H,5H2,1-4H3;4-10,18-19H,11H2,1-3H3;2*3-9,17-18H,10H2,1-2H3;;;;;;;/q;;;;;2*+1;;;;;/p-3. The van der Waals surface area contributed by atoms with Gasteiger partial charge >= 0.3 is 33.2 Å². The van der Waals surface area contributed by atoms with Crippen LogP contribution in [0.15, 0.2) is 205 Å². The van der Waals surface area contributed by atoms with Gasteiger partial charge in [-0.1, -0.05) is 237 Å². The van der Waals surface area contributed by atoms with Crippen LogP contribution in [0.1, 0.15) is 185 Å². The second kappa shape index (κ2) is 41.3. The van der Waals surface area contributed by atoms with Crippen molar-refractivity contribution >= 4 is 59.8 Å². The predicted molar refractivity (Wildman–Crippen MR) is 401 cm³/mol. The van der Waals surface area contributed by atoms with Crippen LogP contribution in [0.3, 0.4) is 0 Å². The average Bonchev–Trinajstić information content (AvgIpc) is 0.861. The molecular formula is C81H97Al2N5O6PPt3S-. The van der Waals surface area contributed by atoms with E-state index in [2.05, 4.69) is 176 Å². The van der Waals surface area contributed by atoms with Crippen molar-refractivity contribution in [2.45, 2.75) is 168 Å². The van der Waals surface area contributed by atoms with E-state index in [1.165, 1.54) is 49.7 Å². The summed E-state index contributed by atoms with van der Waals surface area (Å²) in [4.78, 5) is 23.7. The number of rotatable bonds is 19. The van der Waals surface area contributed by atoms with Crippen molar-refractivity contribution < 1.29 is 91.2 Å². The van der Waals surface area contributed by atoms with Gasteiger partial charge in [0.2, 0.25) is 0 Å². The van der Waals surface area contributed by atoms with Gasteiger partial charge < -0.3 is 40.6 Å². The monoisotopic (exact) mass is 1940 g/mol. The first kappa shape index (κ1) is 88.1. The maximum absolute atomic E-state index is 9.96. The number of aliphatic hydroxyl groups is 3. The molecule has 0 amide bonds. The van der Waals surface area contributed by atoms with Crippen molar-refractivity contribution in [3.63, 3.8) is 0 Å². The molecule has 2 radical (unpaired) electrons. The number of aromatic nitrogens is 5. The Bertz CT molecular complexity index is 4040. The van der Waals surface area contributed by atoms with Gasteiger partial charge in [-0.05, 0) is 122 Å². The van der Waals surface area contributed by atoms with Crippen LogP contribution >= 0.6 is 8.58 Å². The third kappa shape index (κ3) is 23.0. The number of aliphatic hydroxyl groups excluding tert-OH is 3. The summed E-state index contributed by atoms with van der Waals surface area (Å²) in [7, 11) is 0.768. The molecule has 10 rings (SSSR count). The molecule has 530 valence electrons. The fraction of sp³-hybridized carbons (Fsp3) is 0.321. The minimum atomic E-state index is -0.406. The van der Waals surface area contributed by atoms with Crippen molar-refractivity contribution in [2.75, 3.05) is 6.66 Å². The van der Waals surface area contributed by atoms with Gasteiger partial charge in [0, 0.05) is 118 Å². The zero-order chi connectivity index (χ0) is 70.4. The number of aromatic hydroxyl groups is 1. The van der Waals surface area contributed by atoms with Crippen LogP contribution in [0.4, 0.5) is 0 Å². The van der Waals surface area contributed by atoms with E-state index in [1.807, 2.05) is 125 Å². The smallest absolute Gasteiger partial charge is 0.494 e. The number of phenols is 1. The molecule has 0 spiro atoms. The molecule has 10 aromatic rings.